The van der Waals surface area contributed by atoms with Crippen LogP contribution in [0.3, 0.4) is 0 Å². The van der Waals surface area contributed by atoms with E-state index in [9.17, 15) is 4.79 Å². The van der Waals surface area contributed by atoms with E-state index in [-0.39, 0.29) is 5.91 Å². The molecule has 22 heavy (non-hydrogen) atoms. The van der Waals surface area contributed by atoms with E-state index in [4.69, 9.17) is 9.47 Å². The number of halogens is 1. The van der Waals surface area contributed by atoms with Crippen molar-refractivity contribution in [3.63, 3.8) is 0 Å². The zero-order valence-electron chi connectivity index (χ0n) is 12.6. The van der Waals surface area contributed by atoms with Gasteiger partial charge in [0.2, 0.25) is 0 Å². The minimum atomic E-state index is -0.254. The average molecular weight is 365 g/mol. The molecule has 5 nitrogen and oxygen atoms in total. The Balaban J connectivity index is 2.22. The van der Waals surface area contributed by atoms with Crippen molar-refractivity contribution in [2.75, 3.05) is 26.3 Å². The Bertz CT molecular complexity index is 637. The first-order valence-corrected chi connectivity index (χ1v) is 7.37. The molecule has 0 aliphatic rings. The van der Waals surface area contributed by atoms with E-state index >= 15 is 0 Å². The number of hydrogen-bond acceptors (Lipinski definition) is 4. The lowest BCUT2D eigenvalue weighted by Gasteiger charge is -2.20. The minimum absolute atomic E-state index is 0.254. The summed E-state index contributed by atoms with van der Waals surface area (Å²) in [6, 6.07) is 12.9. The highest BCUT2D eigenvalue weighted by Crippen LogP contribution is 2.35. The van der Waals surface area contributed by atoms with E-state index in [0.717, 1.165) is 5.69 Å². The highest BCUT2D eigenvalue weighted by Gasteiger charge is 2.15. The summed E-state index contributed by atoms with van der Waals surface area (Å²) >= 11 is 3.38. The molecule has 6 heteroatoms. The topological polar surface area (TPSA) is 50.8 Å². The van der Waals surface area contributed by atoms with Gasteiger partial charge in [-0.2, -0.15) is 0 Å². The molecule has 0 unspecified atom stereocenters. The summed E-state index contributed by atoms with van der Waals surface area (Å²) in [6.07, 6.45) is 0. The average Bonchev–Trinajstić information content (AvgIpc) is 2.55. The van der Waals surface area contributed by atoms with Crippen LogP contribution in [-0.4, -0.2) is 27.2 Å². The fraction of sp³-hybridized carbons (Fsp3) is 0.188. The lowest BCUT2D eigenvalue weighted by Crippen LogP contribution is -2.39. The minimum Gasteiger partial charge on any atom is -0.495 e. The molecule has 2 aromatic rings. The van der Waals surface area contributed by atoms with Crippen LogP contribution in [0.4, 0.5) is 5.69 Å². The van der Waals surface area contributed by atoms with Gasteiger partial charge in [-0.05, 0) is 40.2 Å². The van der Waals surface area contributed by atoms with Crippen molar-refractivity contribution >= 4 is 27.5 Å². The maximum absolute atomic E-state index is 12.4. The Morgan fingerprint density at radius 1 is 1.09 bits per heavy atom. The number of ether oxygens (including phenoxy) is 2. The molecule has 1 amide bonds. The molecule has 0 bridgehead atoms. The standard InChI is InChI=1S/C16H17BrN2O3/c1-19(12-7-5-4-6-8-12)18-16(20)11-9-13(21-2)15(17)14(10-11)22-3/h4-10H,1-3H3,(H,18,20). The highest BCUT2D eigenvalue weighted by molar-refractivity contribution is 9.10. The van der Waals surface area contributed by atoms with Gasteiger partial charge in [0.1, 0.15) is 16.0 Å². The van der Waals surface area contributed by atoms with Crippen LogP contribution >= 0.6 is 15.9 Å². The molecule has 2 rings (SSSR count). The van der Waals surface area contributed by atoms with Crippen molar-refractivity contribution in [3.05, 3.63) is 52.5 Å². The highest BCUT2D eigenvalue weighted by atomic mass is 79.9. The van der Waals surface area contributed by atoms with Gasteiger partial charge in [-0.1, -0.05) is 18.2 Å². The van der Waals surface area contributed by atoms with Gasteiger partial charge < -0.3 is 9.47 Å². The molecule has 116 valence electrons. The molecule has 1 N–H and O–H groups in total. The lowest BCUT2D eigenvalue weighted by molar-refractivity contribution is 0.0950. The van der Waals surface area contributed by atoms with E-state index in [0.29, 0.717) is 21.5 Å². The summed E-state index contributed by atoms with van der Waals surface area (Å²) in [4.78, 5) is 12.4. The molecule has 2 aromatic carbocycles. The fourth-order valence-electron chi connectivity index (χ4n) is 1.93. The number of benzene rings is 2. The van der Waals surface area contributed by atoms with Crippen LogP contribution in [0, 0.1) is 0 Å². The summed E-state index contributed by atoms with van der Waals surface area (Å²) in [5, 5.41) is 1.66. The number of amides is 1. The number of carbonyl (C=O) groups is 1. The normalized spacial score (nSPS) is 10.0. The Morgan fingerprint density at radius 3 is 2.14 bits per heavy atom. The zero-order chi connectivity index (χ0) is 16.1. The van der Waals surface area contributed by atoms with Crippen LogP contribution < -0.4 is 19.9 Å². The molecule has 0 fully saturated rings. The van der Waals surface area contributed by atoms with Gasteiger partial charge in [-0.15, -0.1) is 0 Å². The first-order chi connectivity index (χ1) is 10.6. The van der Waals surface area contributed by atoms with Crippen LogP contribution in [0.25, 0.3) is 0 Å². The summed E-state index contributed by atoms with van der Waals surface area (Å²) in [6.45, 7) is 0. The number of hydrogen-bond donors (Lipinski definition) is 1. The lowest BCUT2D eigenvalue weighted by atomic mass is 10.2. The van der Waals surface area contributed by atoms with Gasteiger partial charge in [-0.25, -0.2) is 0 Å². The molecule has 0 aromatic heterocycles. The van der Waals surface area contributed by atoms with Gasteiger partial charge in [0.05, 0.1) is 19.9 Å². The predicted octanol–water partition coefficient (Wildman–Crippen LogP) is 3.25. The van der Waals surface area contributed by atoms with E-state index in [1.54, 1.807) is 24.2 Å². The van der Waals surface area contributed by atoms with Gasteiger partial charge in [0, 0.05) is 12.6 Å². The molecule has 0 aliphatic heterocycles. The third-order valence-corrected chi connectivity index (χ3v) is 3.90. The number of carbonyl (C=O) groups excluding carboxylic acids is 1. The van der Waals surface area contributed by atoms with E-state index < -0.39 is 0 Å². The number of nitrogens with zero attached hydrogens (tertiary/aromatic N) is 1. The molecular formula is C16H17BrN2O3. The van der Waals surface area contributed by atoms with E-state index in [2.05, 4.69) is 21.4 Å². The number of nitrogens with one attached hydrogen (secondary N) is 1. The maximum atomic E-state index is 12.4. The largest absolute Gasteiger partial charge is 0.495 e. The first-order valence-electron chi connectivity index (χ1n) is 6.58. The molecule has 0 saturated heterocycles. The number of hydrazine groups is 1. The molecule has 0 aliphatic carbocycles. The van der Waals surface area contributed by atoms with Crippen LogP contribution in [0.15, 0.2) is 46.9 Å². The van der Waals surface area contributed by atoms with Crippen molar-refractivity contribution in [1.82, 2.24) is 5.43 Å². The van der Waals surface area contributed by atoms with Crippen molar-refractivity contribution in [1.29, 1.82) is 0 Å². The predicted molar refractivity (Wildman–Crippen MR) is 89.6 cm³/mol. The van der Waals surface area contributed by atoms with Gasteiger partial charge in [-0.3, -0.25) is 15.2 Å². The van der Waals surface area contributed by atoms with Crippen molar-refractivity contribution in [2.45, 2.75) is 0 Å². The van der Waals surface area contributed by atoms with Crippen LogP contribution in [0.1, 0.15) is 10.4 Å². The summed E-state index contributed by atoms with van der Waals surface area (Å²) in [7, 11) is 4.86. The fourth-order valence-corrected chi connectivity index (χ4v) is 2.49. The Kier molecular flexibility index (Phi) is 5.27. The van der Waals surface area contributed by atoms with Crippen LogP contribution in [0.5, 0.6) is 11.5 Å². The van der Waals surface area contributed by atoms with Crippen LogP contribution in [-0.2, 0) is 0 Å². The molecule has 0 atom stereocenters. The van der Waals surface area contributed by atoms with Crippen LogP contribution in [0.2, 0.25) is 0 Å². The van der Waals surface area contributed by atoms with Crippen molar-refractivity contribution < 1.29 is 14.3 Å². The third kappa shape index (κ3) is 3.51. The molecule has 0 heterocycles. The second kappa shape index (κ2) is 7.17. The second-order valence-electron chi connectivity index (χ2n) is 4.53. The van der Waals surface area contributed by atoms with E-state index in [1.807, 2.05) is 30.3 Å². The second-order valence-corrected chi connectivity index (χ2v) is 5.32. The first kappa shape index (κ1) is 16.2. The van der Waals surface area contributed by atoms with Crippen molar-refractivity contribution in [2.24, 2.45) is 0 Å². The summed E-state index contributed by atoms with van der Waals surface area (Å²) in [5.74, 6) is 0.814. The van der Waals surface area contributed by atoms with Gasteiger partial charge in [0.15, 0.2) is 0 Å². The Labute approximate surface area is 137 Å². The smallest absolute Gasteiger partial charge is 0.270 e. The Hall–Kier alpha value is -2.21. The summed E-state index contributed by atoms with van der Waals surface area (Å²) < 4.78 is 11.2. The third-order valence-electron chi connectivity index (χ3n) is 3.12. The molecule has 0 saturated carbocycles. The monoisotopic (exact) mass is 364 g/mol. The Morgan fingerprint density at radius 2 is 1.64 bits per heavy atom. The van der Waals surface area contributed by atoms with E-state index in [1.165, 1.54) is 14.2 Å². The SMILES string of the molecule is COc1cc(C(=O)NN(C)c2ccccc2)cc(OC)c1Br. The number of anilines is 1. The number of methoxy groups -OCH3 is 2. The quantitative estimate of drug-likeness (QED) is 0.827. The number of rotatable bonds is 5. The summed E-state index contributed by atoms with van der Waals surface area (Å²) in [5.41, 5.74) is 4.13. The van der Waals surface area contributed by atoms with Crippen molar-refractivity contribution in [3.8, 4) is 11.5 Å². The number of para-hydroxylation sites is 1. The maximum Gasteiger partial charge on any atom is 0.270 e. The molecule has 0 spiro atoms. The zero-order valence-corrected chi connectivity index (χ0v) is 14.2. The molecule has 0 radical (unpaired) electrons. The molecular weight excluding hydrogens is 348 g/mol. The van der Waals surface area contributed by atoms with Gasteiger partial charge >= 0.3 is 0 Å². The van der Waals surface area contributed by atoms with Gasteiger partial charge in [0.25, 0.3) is 5.91 Å².